The molecule has 4 aromatic rings. The number of nitrogens with one attached hydrogen (secondary N) is 1. The second-order valence-electron chi connectivity index (χ2n) is 8.65. The van der Waals surface area contributed by atoms with Crippen LogP contribution in [0.15, 0.2) is 72.8 Å². The molecule has 2 nitrogen and oxygen atoms in total. The molecule has 0 unspecified atom stereocenters. The van der Waals surface area contributed by atoms with Gasteiger partial charge in [0.05, 0.1) is 11.3 Å². The average molecular weight is 448 g/mol. The van der Waals surface area contributed by atoms with Gasteiger partial charge in [-0.05, 0) is 62.2 Å². The summed E-state index contributed by atoms with van der Waals surface area (Å²) in [5.41, 5.74) is 1.79. The maximum atomic E-state index is 12.4. The molecule has 31 heavy (non-hydrogen) atoms. The summed E-state index contributed by atoms with van der Waals surface area (Å²) >= 11 is 12.6. The molecular formula is C27H23Cl2NO. The zero-order valence-corrected chi connectivity index (χ0v) is 19.1. The highest BCUT2D eigenvalue weighted by Gasteiger charge is 2.38. The van der Waals surface area contributed by atoms with Crippen molar-refractivity contribution in [3.63, 3.8) is 0 Å². The van der Waals surface area contributed by atoms with E-state index in [1.165, 1.54) is 0 Å². The molecule has 0 fully saturated rings. The van der Waals surface area contributed by atoms with Gasteiger partial charge in [0.15, 0.2) is 5.60 Å². The van der Waals surface area contributed by atoms with E-state index in [1.807, 2.05) is 48.5 Å². The molecule has 2 N–H and O–H groups in total. The van der Waals surface area contributed by atoms with Crippen LogP contribution in [-0.4, -0.2) is 10.1 Å². The number of para-hydroxylation sites is 1. The van der Waals surface area contributed by atoms with E-state index >= 15 is 0 Å². The summed E-state index contributed by atoms with van der Waals surface area (Å²) in [7, 11) is 0. The topological polar surface area (TPSA) is 36.0 Å². The number of aromatic nitrogens is 1. The Morgan fingerprint density at radius 3 is 1.94 bits per heavy atom. The first kappa shape index (κ1) is 21.5. The van der Waals surface area contributed by atoms with Gasteiger partial charge in [0, 0.05) is 26.4 Å². The van der Waals surface area contributed by atoms with E-state index in [0.717, 1.165) is 16.5 Å². The molecule has 0 saturated carbocycles. The van der Waals surface area contributed by atoms with Gasteiger partial charge in [0.1, 0.15) is 0 Å². The van der Waals surface area contributed by atoms with Gasteiger partial charge in [-0.1, -0.05) is 77.5 Å². The van der Waals surface area contributed by atoms with Crippen molar-refractivity contribution < 1.29 is 5.11 Å². The van der Waals surface area contributed by atoms with Crippen molar-refractivity contribution in [2.45, 2.75) is 26.4 Å². The zero-order valence-electron chi connectivity index (χ0n) is 17.6. The van der Waals surface area contributed by atoms with Crippen molar-refractivity contribution >= 4 is 34.1 Å². The smallest absolute Gasteiger partial charge is 0.156 e. The third-order valence-electron chi connectivity index (χ3n) is 5.12. The molecule has 0 atom stereocenters. The normalized spacial score (nSPS) is 11.9. The summed E-state index contributed by atoms with van der Waals surface area (Å²) in [5, 5.41) is 14.4. The summed E-state index contributed by atoms with van der Waals surface area (Å²) < 4.78 is 0. The van der Waals surface area contributed by atoms with Crippen molar-refractivity contribution in [1.82, 2.24) is 4.98 Å². The molecule has 156 valence electrons. The summed E-state index contributed by atoms with van der Waals surface area (Å²) in [6.45, 7) is 6.19. The molecule has 3 aromatic carbocycles. The standard InChI is InChI=1S/C27H23Cl2NO/c1-26(2,3)15-14-23-22-12-4-5-13-24(22)30-25(23)27(31,18-8-6-10-20(28)16-18)19-9-7-11-21(29)17-19/h4-13,16-17,30-31H,1-3H3. The molecule has 0 saturated heterocycles. The molecule has 0 aliphatic carbocycles. The highest BCUT2D eigenvalue weighted by Crippen LogP contribution is 2.41. The van der Waals surface area contributed by atoms with Crippen LogP contribution in [-0.2, 0) is 5.60 Å². The van der Waals surface area contributed by atoms with E-state index in [9.17, 15) is 5.11 Å². The van der Waals surface area contributed by atoms with Gasteiger partial charge in [-0.25, -0.2) is 0 Å². The average Bonchev–Trinajstić information content (AvgIpc) is 3.10. The number of H-pyrrole nitrogens is 1. The van der Waals surface area contributed by atoms with Crippen molar-refractivity contribution in [2.75, 3.05) is 0 Å². The fourth-order valence-electron chi connectivity index (χ4n) is 3.68. The monoisotopic (exact) mass is 447 g/mol. The van der Waals surface area contributed by atoms with Gasteiger partial charge >= 0.3 is 0 Å². The maximum absolute atomic E-state index is 12.4. The fourth-order valence-corrected chi connectivity index (χ4v) is 4.06. The number of rotatable bonds is 3. The second kappa shape index (κ2) is 8.09. The van der Waals surface area contributed by atoms with Crippen LogP contribution in [0, 0.1) is 17.3 Å². The third-order valence-corrected chi connectivity index (χ3v) is 5.59. The van der Waals surface area contributed by atoms with Crippen molar-refractivity contribution in [1.29, 1.82) is 0 Å². The van der Waals surface area contributed by atoms with Gasteiger partial charge in [-0.3, -0.25) is 0 Å². The van der Waals surface area contributed by atoms with E-state index in [4.69, 9.17) is 23.2 Å². The highest BCUT2D eigenvalue weighted by atomic mass is 35.5. The molecule has 1 aromatic heterocycles. The van der Waals surface area contributed by atoms with Crippen molar-refractivity contribution in [3.8, 4) is 11.8 Å². The van der Waals surface area contributed by atoms with Gasteiger partial charge < -0.3 is 10.1 Å². The Kier molecular flexibility index (Phi) is 5.62. The number of benzene rings is 3. The van der Waals surface area contributed by atoms with Crippen molar-refractivity contribution in [3.05, 3.63) is 105 Å². The Balaban J connectivity index is 2.10. The van der Waals surface area contributed by atoms with E-state index in [2.05, 4.69) is 37.6 Å². The summed E-state index contributed by atoms with van der Waals surface area (Å²) in [5.74, 6) is 6.66. The van der Waals surface area contributed by atoms with Gasteiger partial charge in [0.2, 0.25) is 0 Å². The Hall–Kier alpha value is -2.70. The fraction of sp³-hybridized carbons (Fsp3) is 0.185. The lowest BCUT2D eigenvalue weighted by molar-refractivity contribution is 0.121. The van der Waals surface area contributed by atoms with E-state index < -0.39 is 5.60 Å². The Morgan fingerprint density at radius 2 is 1.39 bits per heavy atom. The van der Waals surface area contributed by atoms with Crippen LogP contribution < -0.4 is 0 Å². The summed E-state index contributed by atoms with van der Waals surface area (Å²) in [6, 6.07) is 22.4. The molecule has 0 spiro atoms. The summed E-state index contributed by atoms with van der Waals surface area (Å²) in [4.78, 5) is 3.44. The van der Waals surface area contributed by atoms with E-state index in [1.54, 1.807) is 24.3 Å². The van der Waals surface area contributed by atoms with Crippen LogP contribution >= 0.6 is 23.2 Å². The van der Waals surface area contributed by atoms with Crippen LogP contribution in [0.1, 0.15) is 43.2 Å². The lowest BCUT2D eigenvalue weighted by Crippen LogP contribution is -2.30. The highest BCUT2D eigenvalue weighted by molar-refractivity contribution is 6.31. The zero-order chi connectivity index (χ0) is 22.2. The molecule has 4 heteroatoms. The van der Waals surface area contributed by atoms with E-state index in [-0.39, 0.29) is 5.41 Å². The SMILES string of the molecule is CC(C)(C)C#Cc1c(C(O)(c2cccc(Cl)c2)c2cccc(Cl)c2)[nH]c2ccccc12. The van der Waals surface area contributed by atoms with Gasteiger partial charge in [-0.2, -0.15) is 0 Å². The minimum atomic E-state index is -1.53. The van der Waals surface area contributed by atoms with Gasteiger partial charge in [0.25, 0.3) is 0 Å². The minimum Gasteiger partial charge on any atom is -0.374 e. The molecule has 0 aliphatic heterocycles. The van der Waals surface area contributed by atoms with Crippen LogP contribution in [0.2, 0.25) is 10.0 Å². The molecular weight excluding hydrogens is 425 g/mol. The lowest BCUT2D eigenvalue weighted by Gasteiger charge is -2.29. The van der Waals surface area contributed by atoms with Crippen LogP contribution in [0.4, 0.5) is 0 Å². The molecule has 4 rings (SSSR count). The first-order valence-corrected chi connectivity index (χ1v) is 10.8. The molecule has 0 aliphatic rings. The Labute approximate surface area is 192 Å². The van der Waals surface area contributed by atoms with Crippen LogP contribution in [0.3, 0.4) is 0 Å². The Bertz CT molecular complexity index is 1270. The van der Waals surface area contributed by atoms with E-state index in [0.29, 0.717) is 26.9 Å². The maximum Gasteiger partial charge on any atom is 0.156 e. The number of hydrogen-bond donors (Lipinski definition) is 2. The molecule has 0 radical (unpaired) electrons. The predicted octanol–water partition coefficient (Wildman–Crippen LogP) is 7.16. The third kappa shape index (κ3) is 4.23. The molecule has 1 heterocycles. The second-order valence-corrected chi connectivity index (χ2v) is 9.52. The largest absolute Gasteiger partial charge is 0.374 e. The number of aliphatic hydroxyl groups is 1. The Morgan fingerprint density at radius 1 is 0.806 bits per heavy atom. The quantitative estimate of drug-likeness (QED) is 0.321. The van der Waals surface area contributed by atoms with Crippen LogP contribution in [0.5, 0.6) is 0 Å². The number of halogens is 2. The first-order chi connectivity index (χ1) is 14.7. The van der Waals surface area contributed by atoms with Crippen molar-refractivity contribution in [2.24, 2.45) is 5.41 Å². The summed E-state index contributed by atoms with van der Waals surface area (Å²) in [6.07, 6.45) is 0. The van der Waals surface area contributed by atoms with Gasteiger partial charge in [-0.15, -0.1) is 0 Å². The predicted molar refractivity (Wildman–Crippen MR) is 130 cm³/mol. The molecule has 0 bridgehead atoms. The number of fused-ring (bicyclic) bond motifs is 1. The lowest BCUT2D eigenvalue weighted by atomic mass is 9.81. The van der Waals surface area contributed by atoms with Crippen LogP contribution in [0.25, 0.3) is 10.9 Å². The molecule has 0 amide bonds. The first-order valence-electron chi connectivity index (χ1n) is 10.1. The number of hydrogen-bond acceptors (Lipinski definition) is 1. The number of aromatic amines is 1. The minimum absolute atomic E-state index is 0.195.